The molecule has 1 fully saturated rings. The average Bonchev–Trinajstić information content (AvgIpc) is 3.25. The fourth-order valence-electron chi connectivity index (χ4n) is 3.81. The second-order valence-corrected chi connectivity index (χ2v) is 6.43. The number of fused-ring (bicyclic) bond motifs is 1. The molecule has 2 aliphatic rings. The topological polar surface area (TPSA) is 29.3 Å². The van der Waals surface area contributed by atoms with E-state index in [0.29, 0.717) is 18.0 Å². The predicted molar refractivity (Wildman–Crippen MR) is 80.2 cm³/mol. The van der Waals surface area contributed by atoms with Gasteiger partial charge in [0, 0.05) is 18.6 Å². The highest BCUT2D eigenvalue weighted by Gasteiger charge is 2.37. The van der Waals surface area contributed by atoms with E-state index < -0.39 is 0 Å². The van der Waals surface area contributed by atoms with Crippen molar-refractivity contribution >= 4 is 0 Å². The molecule has 3 atom stereocenters. The van der Waals surface area contributed by atoms with Crippen molar-refractivity contribution in [1.82, 2.24) is 4.90 Å². The van der Waals surface area contributed by atoms with Crippen LogP contribution in [-0.4, -0.2) is 24.5 Å². The maximum absolute atomic E-state index is 6.03. The molecule has 19 heavy (non-hydrogen) atoms. The lowest BCUT2D eigenvalue weighted by Gasteiger charge is -2.40. The molecule has 0 aliphatic heterocycles. The number of nitrogens with zero attached hydrogens (tertiary/aromatic N) is 1. The van der Waals surface area contributed by atoms with Gasteiger partial charge in [0.05, 0.1) is 0 Å². The molecule has 0 saturated heterocycles. The third-order valence-electron chi connectivity index (χ3n) is 5.18. The first-order valence-electron chi connectivity index (χ1n) is 7.73. The quantitative estimate of drug-likeness (QED) is 0.898. The number of hydrogen-bond donors (Lipinski definition) is 1. The van der Waals surface area contributed by atoms with E-state index >= 15 is 0 Å². The van der Waals surface area contributed by atoms with Gasteiger partial charge >= 0.3 is 0 Å². The van der Waals surface area contributed by atoms with E-state index in [2.05, 4.69) is 43.1 Å². The lowest BCUT2D eigenvalue weighted by atomic mass is 9.80. The molecule has 2 heteroatoms. The summed E-state index contributed by atoms with van der Waals surface area (Å²) < 4.78 is 0. The van der Waals surface area contributed by atoms with Crippen molar-refractivity contribution in [3.8, 4) is 0 Å². The van der Waals surface area contributed by atoms with Crippen molar-refractivity contribution in [3.63, 3.8) is 0 Å². The van der Waals surface area contributed by atoms with Crippen molar-refractivity contribution < 1.29 is 0 Å². The van der Waals surface area contributed by atoms with Gasteiger partial charge in [0.1, 0.15) is 0 Å². The molecule has 2 aliphatic carbocycles. The van der Waals surface area contributed by atoms with Gasteiger partial charge < -0.3 is 5.73 Å². The second-order valence-electron chi connectivity index (χ2n) is 6.43. The van der Waals surface area contributed by atoms with Crippen molar-refractivity contribution in [3.05, 3.63) is 35.4 Å². The Labute approximate surface area is 117 Å². The first kappa shape index (κ1) is 13.1. The van der Waals surface area contributed by atoms with Crippen LogP contribution in [0.3, 0.4) is 0 Å². The molecular formula is C17H26N2. The van der Waals surface area contributed by atoms with Crippen LogP contribution in [0.4, 0.5) is 0 Å². The third-order valence-corrected chi connectivity index (χ3v) is 5.18. The van der Waals surface area contributed by atoms with Crippen LogP contribution in [0.2, 0.25) is 0 Å². The fraction of sp³-hybridized carbons (Fsp3) is 0.647. The molecule has 1 saturated carbocycles. The zero-order chi connectivity index (χ0) is 13.4. The lowest BCUT2D eigenvalue weighted by Crippen LogP contribution is -2.42. The summed E-state index contributed by atoms with van der Waals surface area (Å²) in [6, 6.07) is 10.2. The molecule has 0 aromatic heterocycles. The zero-order valence-electron chi connectivity index (χ0n) is 12.2. The molecule has 0 bridgehead atoms. The monoisotopic (exact) mass is 258 g/mol. The van der Waals surface area contributed by atoms with E-state index in [1.165, 1.54) is 25.7 Å². The molecule has 3 rings (SSSR count). The summed E-state index contributed by atoms with van der Waals surface area (Å²) >= 11 is 0. The van der Waals surface area contributed by atoms with E-state index in [9.17, 15) is 0 Å². The number of hydrogen-bond acceptors (Lipinski definition) is 2. The van der Waals surface area contributed by atoms with Gasteiger partial charge in [0.2, 0.25) is 0 Å². The van der Waals surface area contributed by atoms with Crippen LogP contribution in [0, 0.1) is 5.92 Å². The smallest absolute Gasteiger partial charge is 0.0351 e. The Hall–Kier alpha value is -0.860. The molecule has 1 aromatic rings. The van der Waals surface area contributed by atoms with Crippen molar-refractivity contribution in [2.75, 3.05) is 13.6 Å². The minimum atomic E-state index is 0.571. The van der Waals surface area contributed by atoms with Gasteiger partial charge in [-0.2, -0.15) is 0 Å². The first-order valence-corrected chi connectivity index (χ1v) is 7.73. The molecule has 0 amide bonds. The Morgan fingerprint density at radius 3 is 2.47 bits per heavy atom. The molecule has 104 valence electrons. The van der Waals surface area contributed by atoms with Crippen LogP contribution in [0.25, 0.3) is 0 Å². The predicted octanol–water partition coefficient (Wildman–Crippen LogP) is 3.29. The summed E-state index contributed by atoms with van der Waals surface area (Å²) in [6.45, 7) is 3.16. The summed E-state index contributed by atoms with van der Waals surface area (Å²) in [6.07, 6.45) is 5.32. The highest BCUT2D eigenvalue weighted by atomic mass is 15.2. The van der Waals surface area contributed by atoms with Gasteiger partial charge in [-0.05, 0) is 55.7 Å². The molecule has 0 spiro atoms. The fourth-order valence-corrected chi connectivity index (χ4v) is 3.81. The first-order chi connectivity index (χ1) is 9.22. The van der Waals surface area contributed by atoms with Gasteiger partial charge in [-0.1, -0.05) is 31.2 Å². The van der Waals surface area contributed by atoms with E-state index in [1.54, 1.807) is 11.1 Å². The van der Waals surface area contributed by atoms with Crippen LogP contribution in [-0.2, 0) is 0 Å². The van der Waals surface area contributed by atoms with Crippen LogP contribution < -0.4 is 5.73 Å². The Balaban J connectivity index is 1.87. The molecular weight excluding hydrogens is 232 g/mol. The summed E-state index contributed by atoms with van der Waals surface area (Å²) in [5, 5.41) is 0. The highest BCUT2D eigenvalue weighted by Crippen LogP contribution is 2.43. The molecule has 0 radical (unpaired) electrons. The number of likely N-dealkylation sites (N-methyl/N-ethyl adjacent to an activating group) is 1. The largest absolute Gasteiger partial charge is 0.329 e. The van der Waals surface area contributed by atoms with Crippen LogP contribution in [0.15, 0.2) is 24.3 Å². The van der Waals surface area contributed by atoms with E-state index in [-0.39, 0.29) is 0 Å². The second kappa shape index (κ2) is 5.26. The Morgan fingerprint density at radius 2 is 1.84 bits per heavy atom. The van der Waals surface area contributed by atoms with Gasteiger partial charge in [-0.15, -0.1) is 0 Å². The summed E-state index contributed by atoms with van der Waals surface area (Å²) in [5.41, 5.74) is 9.12. The maximum Gasteiger partial charge on any atom is 0.0351 e. The van der Waals surface area contributed by atoms with Crippen molar-refractivity contribution in [1.29, 1.82) is 0 Å². The molecule has 3 unspecified atom stereocenters. The number of nitrogens with two attached hydrogens (primary N) is 1. The van der Waals surface area contributed by atoms with Crippen LogP contribution in [0.5, 0.6) is 0 Å². The lowest BCUT2D eigenvalue weighted by molar-refractivity contribution is 0.141. The minimum Gasteiger partial charge on any atom is -0.329 e. The van der Waals surface area contributed by atoms with E-state index in [4.69, 9.17) is 5.73 Å². The van der Waals surface area contributed by atoms with Crippen LogP contribution in [0.1, 0.15) is 55.7 Å². The average molecular weight is 258 g/mol. The summed E-state index contributed by atoms with van der Waals surface area (Å²) in [4.78, 5) is 2.57. The molecule has 0 heterocycles. The molecule has 1 aromatic carbocycles. The number of benzene rings is 1. The zero-order valence-corrected chi connectivity index (χ0v) is 12.2. The van der Waals surface area contributed by atoms with E-state index in [1.807, 2.05) is 0 Å². The van der Waals surface area contributed by atoms with Gasteiger partial charge in [0.25, 0.3) is 0 Å². The normalized spacial score (nSPS) is 28.2. The summed E-state index contributed by atoms with van der Waals surface area (Å²) in [7, 11) is 2.28. The van der Waals surface area contributed by atoms with E-state index in [0.717, 1.165) is 12.5 Å². The SMILES string of the molecule is CC1CCC(N(C)C(CN)C2CC2)c2ccccc21. The van der Waals surface area contributed by atoms with Crippen molar-refractivity contribution in [2.24, 2.45) is 11.7 Å². The Morgan fingerprint density at radius 1 is 1.16 bits per heavy atom. The highest BCUT2D eigenvalue weighted by molar-refractivity contribution is 5.35. The van der Waals surface area contributed by atoms with Gasteiger partial charge in [0.15, 0.2) is 0 Å². The minimum absolute atomic E-state index is 0.571. The standard InChI is InChI=1S/C17H26N2/c1-12-7-10-16(15-6-4-3-5-14(12)15)19(2)17(11-18)13-8-9-13/h3-6,12-13,16-17H,7-11,18H2,1-2H3. The van der Waals surface area contributed by atoms with Crippen LogP contribution >= 0.6 is 0 Å². The Kier molecular flexibility index (Phi) is 3.64. The van der Waals surface area contributed by atoms with Crippen molar-refractivity contribution in [2.45, 2.75) is 50.6 Å². The maximum atomic E-state index is 6.03. The Bertz CT molecular complexity index is 439. The number of rotatable bonds is 4. The molecule has 2 nitrogen and oxygen atoms in total. The third kappa shape index (κ3) is 2.44. The van der Waals surface area contributed by atoms with Gasteiger partial charge in [-0.3, -0.25) is 4.90 Å². The van der Waals surface area contributed by atoms with Gasteiger partial charge in [-0.25, -0.2) is 0 Å². The summed E-state index contributed by atoms with van der Waals surface area (Å²) in [5.74, 6) is 1.56. The molecule has 2 N–H and O–H groups in total.